The Morgan fingerprint density at radius 2 is 1.85 bits per heavy atom. The normalized spacial score (nSPS) is 21.4. The van der Waals surface area contributed by atoms with Crippen LogP contribution in [0.25, 0.3) is 0 Å². The molecule has 20 heavy (non-hydrogen) atoms. The van der Waals surface area contributed by atoms with Crippen LogP contribution in [0, 0.1) is 5.82 Å². The van der Waals surface area contributed by atoms with Gasteiger partial charge in [-0.15, -0.1) is 0 Å². The first-order valence-corrected chi connectivity index (χ1v) is 7.14. The van der Waals surface area contributed by atoms with Gasteiger partial charge < -0.3 is 11.1 Å². The largest absolute Gasteiger partial charge is 0.386 e. The summed E-state index contributed by atoms with van der Waals surface area (Å²) in [6.45, 7) is 0.668. The van der Waals surface area contributed by atoms with Crippen LogP contribution >= 0.6 is 15.9 Å². The molecule has 1 aliphatic rings. The van der Waals surface area contributed by atoms with Crippen molar-refractivity contribution in [2.24, 2.45) is 5.73 Å². The second-order valence-electron chi connectivity index (χ2n) is 4.92. The molecular weight excluding hydrogens is 319 g/mol. The Hall–Kier alpha value is -1.81. The van der Waals surface area contributed by atoms with Crippen molar-refractivity contribution in [2.75, 3.05) is 6.54 Å². The maximum Gasteiger partial charge on any atom is 0.137 e. The van der Waals surface area contributed by atoms with Crippen LogP contribution in [0.15, 0.2) is 64.9 Å². The Morgan fingerprint density at radius 3 is 2.45 bits per heavy atom. The van der Waals surface area contributed by atoms with E-state index in [1.807, 2.05) is 36.4 Å². The number of hydrogen-bond acceptors (Lipinski definition) is 2. The molecule has 0 aliphatic carbocycles. The van der Waals surface area contributed by atoms with Crippen LogP contribution in [0.1, 0.15) is 11.1 Å². The highest BCUT2D eigenvalue weighted by Gasteiger charge is 2.36. The van der Waals surface area contributed by atoms with Gasteiger partial charge in [0.1, 0.15) is 5.82 Å². The van der Waals surface area contributed by atoms with E-state index < -0.39 is 0 Å². The van der Waals surface area contributed by atoms with Crippen molar-refractivity contribution in [1.29, 1.82) is 0 Å². The van der Waals surface area contributed by atoms with Crippen LogP contribution in [0.2, 0.25) is 0 Å². The molecule has 0 aromatic heterocycles. The van der Waals surface area contributed by atoms with Gasteiger partial charge in [0.15, 0.2) is 0 Å². The number of nitrogens with two attached hydrogens (primary N) is 1. The lowest BCUT2D eigenvalue weighted by Crippen LogP contribution is -2.31. The van der Waals surface area contributed by atoms with Crippen LogP contribution in [0.5, 0.6) is 0 Å². The number of rotatable bonds is 2. The number of nitrogens with one attached hydrogen (secondary N) is 1. The minimum Gasteiger partial charge on any atom is -0.386 e. The first-order chi connectivity index (χ1) is 9.62. The molecule has 1 atom stereocenters. The average molecular weight is 333 g/mol. The first-order valence-electron chi connectivity index (χ1n) is 6.35. The van der Waals surface area contributed by atoms with Crippen molar-refractivity contribution in [2.45, 2.75) is 5.41 Å². The van der Waals surface area contributed by atoms with Gasteiger partial charge in [-0.25, -0.2) is 4.39 Å². The van der Waals surface area contributed by atoms with E-state index in [2.05, 4.69) is 33.4 Å². The summed E-state index contributed by atoms with van der Waals surface area (Å²) in [5.74, 6) is 0.383. The molecule has 3 rings (SSSR count). The zero-order valence-electron chi connectivity index (χ0n) is 10.7. The minimum absolute atomic E-state index is 0.264. The van der Waals surface area contributed by atoms with Crippen LogP contribution in [0.3, 0.4) is 0 Å². The highest BCUT2D eigenvalue weighted by Crippen LogP contribution is 2.38. The van der Waals surface area contributed by atoms with Gasteiger partial charge in [0.25, 0.3) is 0 Å². The summed E-state index contributed by atoms with van der Waals surface area (Å²) in [5, 5.41) is 3.17. The molecule has 0 spiro atoms. The standard InChI is InChI=1S/C16H14BrFN2/c17-13-8-12(6-7-14(13)18)16(9-15(19)20-10-16)11-4-2-1-3-5-11/h1-9,20H,10,19H2. The average Bonchev–Trinajstić information content (AvgIpc) is 2.86. The SMILES string of the molecule is NC1=CC(c2ccccc2)(c2ccc(F)c(Br)c2)CN1. The molecule has 3 N–H and O–H groups in total. The summed E-state index contributed by atoms with van der Waals surface area (Å²) in [4.78, 5) is 0. The van der Waals surface area contributed by atoms with Gasteiger partial charge in [0.2, 0.25) is 0 Å². The van der Waals surface area contributed by atoms with Crippen LogP contribution in [-0.2, 0) is 5.41 Å². The molecule has 0 amide bonds. The molecule has 2 aromatic rings. The van der Waals surface area contributed by atoms with Gasteiger partial charge in [0, 0.05) is 6.54 Å². The Bertz CT molecular complexity index is 669. The predicted octanol–water partition coefficient (Wildman–Crippen LogP) is 3.28. The fourth-order valence-corrected chi connectivity index (χ4v) is 3.03. The summed E-state index contributed by atoms with van der Waals surface area (Å²) in [6, 6.07) is 15.2. The molecule has 0 bridgehead atoms. The number of hydrogen-bond donors (Lipinski definition) is 2. The molecule has 2 nitrogen and oxygen atoms in total. The van der Waals surface area contributed by atoms with E-state index in [1.165, 1.54) is 6.07 Å². The maximum absolute atomic E-state index is 13.5. The van der Waals surface area contributed by atoms with Crippen molar-refractivity contribution in [3.63, 3.8) is 0 Å². The van der Waals surface area contributed by atoms with Gasteiger partial charge in [-0.05, 0) is 45.3 Å². The molecule has 2 aromatic carbocycles. The Kier molecular flexibility index (Phi) is 3.26. The van der Waals surface area contributed by atoms with E-state index in [0.717, 1.165) is 11.1 Å². The van der Waals surface area contributed by atoms with E-state index in [0.29, 0.717) is 16.8 Å². The summed E-state index contributed by atoms with van der Waals surface area (Å²) < 4.78 is 13.9. The van der Waals surface area contributed by atoms with Gasteiger partial charge in [-0.2, -0.15) is 0 Å². The fourth-order valence-electron chi connectivity index (χ4n) is 2.66. The zero-order valence-corrected chi connectivity index (χ0v) is 12.3. The van der Waals surface area contributed by atoms with Crippen molar-refractivity contribution in [3.05, 3.63) is 81.8 Å². The Balaban J connectivity index is 2.19. The maximum atomic E-state index is 13.5. The third kappa shape index (κ3) is 2.10. The lowest BCUT2D eigenvalue weighted by molar-refractivity contribution is 0.610. The quantitative estimate of drug-likeness (QED) is 0.885. The molecule has 0 saturated heterocycles. The molecule has 4 heteroatoms. The summed E-state index contributed by atoms with van der Waals surface area (Å²) in [5.41, 5.74) is 7.69. The van der Waals surface area contributed by atoms with Crippen molar-refractivity contribution < 1.29 is 4.39 Å². The summed E-state index contributed by atoms with van der Waals surface area (Å²) in [7, 11) is 0. The third-order valence-electron chi connectivity index (χ3n) is 3.70. The van der Waals surface area contributed by atoms with E-state index in [4.69, 9.17) is 5.73 Å². The van der Waals surface area contributed by atoms with E-state index in [1.54, 1.807) is 0 Å². The van der Waals surface area contributed by atoms with Gasteiger partial charge in [0.05, 0.1) is 15.7 Å². The van der Waals surface area contributed by atoms with E-state index in [-0.39, 0.29) is 11.2 Å². The van der Waals surface area contributed by atoms with E-state index in [9.17, 15) is 4.39 Å². The van der Waals surface area contributed by atoms with Gasteiger partial charge >= 0.3 is 0 Å². The molecule has 0 radical (unpaired) electrons. The number of benzene rings is 2. The predicted molar refractivity (Wildman–Crippen MR) is 81.6 cm³/mol. The van der Waals surface area contributed by atoms with Crippen molar-refractivity contribution in [3.8, 4) is 0 Å². The van der Waals surface area contributed by atoms with E-state index >= 15 is 0 Å². The van der Waals surface area contributed by atoms with Gasteiger partial charge in [-0.1, -0.05) is 36.4 Å². The topological polar surface area (TPSA) is 38.0 Å². The first kappa shape index (κ1) is 13.2. The third-order valence-corrected chi connectivity index (χ3v) is 4.30. The second-order valence-corrected chi connectivity index (χ2v) is 5.77. The van der Waals surface area contributed by atoms with Crippen molar-refractivity contribution in [1.82, 2.24) is 5.32 Å². The highest BCUT2D eigenvalue weighted by molar-refractivity contribution is 9.10. The monoisotopic (exact) mass is 332 g/mol. The molecule has 0 saturated carbocycles. The summed E-state index contributed by atoms with van der Waals surface area (Å²) in [6.07, 6.45) is 2.00. The van der Waals surface area contributed by atoms with Crippen LogP contribution in [0.4, 0.5) is 4.39 Å². The van der Waals surface area contributed by atoms with Gasteiger partial charge in [-0.3, -0.25) is 0 Å². The smallest absolute Gasteiger partial charge is 0.137 e. The molecule has 1 unspecified atom stereocenters. The molecule has 102 valence electrons. The number of halogens is 2. The summed E-state index contributed by atoms with van der Waals surface area (Å²) >= 11 is 3.26. The highest BCUT2D eigenvalue weighted by atomic mass is 79.9. The van der Waals surface area contributed by atoms with Crippen molar-refractivity contribution >= 4 is 15.9 Å². The lowest BCUT2D eigenvalue weighted by atomic mass is 9.75. The second kappa shape index (κ2) is 4.94. The molecule has 1 aliphatic heterocycles. The lowest BCUT2D eigenvalue weighted by Gasteiger charge is -2.28. The molecule has 1 heterocycles. The molecular formula is C16H14BrFN2. The van der Waals surface area contributed by atoms with Crippen LogP contribution in [-0.4, -0.2) is 6.54 Å². The zero-order chi connectivity index (χ0) is 14.2. The Morgan fingerprint density at radius 1 is 1.10 bits per heavy atom. The fraction of sp³-hybridized carbons (Fsp3) is 0.125. The molecule has 0 fully saturated rings. The van der Waals surface area contributed by atoms with Crippen LogP contribution < -0.4 is 11.1 Å². The Labute approximate surface area is 125 Å². The minimum atomic E-state index is -0.360.